The highest BCUT2D eigenvalue weighted by Crippen LogP contribution is 2.28. The normalized spacial score (nSPS) is 11.4. The first-order chi connectivity index (χ1) is 11.5. The summed E-state index contributed by atoms with van der Waals surface area (Å²) in [5, 5.41) is 0. The number of hydrogen-bond donors (Lipinski definition) is 1. The third-order valence-corrected chi connectivity index (χ3v) is 7.24. The third-order valence-electron chi connectivity index (χ3n) is 3.05. The van der Waals surface area contributed by atoms with E-state index in [0.29, 0.717) is 10.0 Å². The average molecular weight is 397 g/mol. The molecule has 24 heavy (non-hydrogen) atoms. The van der Waals surface area contributed by atoms with Gasteiger partial charge in [-0.15, -0.1) is 23.1 Å². The monoisotopic (exact) mass is 396 g/mol. The highest BCUT2D eigenvalue weighted by atomic mass is 35.5. The molecule has 1 aromatic carbocycles. The van der Waals surface area contributed by atoms with Crippen molar-refractivity contribution in [1.82, 2.24) is 4.98 Å². The lowest BCUT2D eigenvalue weighted by Gasteiger charge is -2.07. The van der Waals surface area contributed by atoms with Crippen LogP contribution in [0.5, 0.6) is 0 Å². The van der Waals surface area contributed by atoms with E-state index in [9.17, 15) is 8.42 Å². The van der Waals surface area contributed by atoms with Gasteiger partial charge in [-0.25, -0.2) is 8.42 Å². The van der Waals surface area contributed by atoms with Gasteiger partial charge in [0.25, 0.3) is 10.0 Å². The van der Waals surface area contributed by atoms with Crippen molar-refractivity contribution >= 4 is 50.4 Å². The Labute approximate surface area is 154 Å². The molecule has 0 unspecified atom stereocenters. The topological polar surface area (TPSA) is 59.1 Å². The molecular weight excluding hydrogens is 384 g/mol. The summed E-state index contributed by atoms with van der Waals surface area (Å²) < 4.78 is 27.7. The van der Waals surface area contributed by atoms with Crippen LogP contribution >= 0.6 is 34.7 Å². The summed E-state index contributed by atoms with van der Waals surface area (Å²) in [6.07, 6.45) is 3.58. The fourth-order valence-electron chi connectivity index (χ4n) is 1.92. The molecule has 2 heterocycles. The maximum Gasteiger partial charge on any atom is 0.271 e. The standard InChI is InChI=1S/C16H13ClN2O2S3/c17-15-7-8-16(23-15)24(20,21)19-13-3-5-14(6-4-13)22-11-12-2-1-9-18-10-12/h1-10,19H,11H2. The number of halogens is 1. The zero-order chi connectivity index (χ0) is 17.0. The SMILES string of the molecule is O=S(=O)(Nc1ccc(SCc2cccnc2)cc1)c1ccc(Cl)s1. The van der Waals surface area contributed by atoms with Crippen LogP contribution in [-0.4, -0.2) is 13.4 Å². The first-order valence-corrected chi connectivity index (χ1v) is 10.6. The Hall–Kier alpha value is -1.54. The van der Waals surface area contributed by atoms with Crippen LogP contribution in [0.15, 0.2) is 70.0 Å². The minimum absolute atomic E-state index is 0.197. The highest BCUT2D eigenvalue weighted by Gasteiger charge is 2.16. The van der Waals surface area contributed by atoms with Gasteiger partial charge in [0, 0.05) is 28.7 Å². The van der Waals surface area contributed by atoms with Crippen molar-refractivity contribution in [3.63, 3.8) is 0 Å². The van der Waals surface area contributed by atoms with Crippen LogP contribution < -0.4 is 4.72 Å². The first kappa shape index (κ1) is 17.3. The minimum atomic E-state index is -3.59. The second kappa shape index (κ2) is 7.57. The molecule has 3 rings (SSSR count). The maximum absolute atomic E-state index is 12.2. The summed E-state index contributed by atoms with van der Waals surface area (Å²) in [7, 11) is -3.59. The number of hydrogen-bond acceptors (Lipinski definition) is 5. The van der Waals surface area contributed by atoms with Crippen LogP contribution in [0.4, 0.5) is 5.69 Å². The molecule has 3 aromatic rings. The Morgan fingerprint density at radius 1 is 1.12 bits per heavy atom. The van der Waals surface area contributed by atoms with Gasteiger partial charge in [-0.3, -0.25) is 9.71 Å². The molecule has 1 N–H and O–H groups in total. The van der Waals surface area contributed by atoms with Gasteiger partial charge in [0.1, 0.15) is 4.21 Å². The Bertz CT molecular complexity index is 910. The molecule has 124 valence electrons. The Balaban J connectivity index is 1.64. The van der Waals surface area contributed by atoms with Crippen LogP contribution in [0.2, 0.25) is 4.34 Å². The number of nitrogens with one attached hydrogen (secondary N) is 1. The van der Waals surface area contributed by atoms with Gasteiger partial charge in [0.2, 0.25) is 0 Å². The van der Waals surface area contributed by atoms with Gasteiger partial charge in [0.15, 0.2) is 0 Å². The summed E-state index contributed by atoms with van der Waals surface area (Å²) >= 11 is 8.49. The molecule has 0 aliphatic carbocycles. The van der Waals surface area contributed by atoms with Crippen molar-refractivity contribution < 1.29 is 8.42 Å². The number of thiophene rings is 1. The van der Waals surface area contributed by atoms with Crippen molar-refractivity contribution in [3.8, 4) is 0 Å². The average Bonchev–Trinajstić information content (AvgIpc) is 3.02. The second-order valence-electron chi connectivity index (χ2n) is 4.84. The van der Waals surface area contributed by atoms with Gasteiger partial charge in [0.05, 0.1) is 4.34 Å². The fourth-order valence-corrected chi connectivity index (χ4v) is 5.29. The van der Waals surface area contributed by atoms with Crippen LogP contribution in [0.3, 0.4) is 0 Å². The van der Waals surface area contributed by atoms with E-state index in [-0.39, 0.29) is 4.21 Å². The summed E-state index contributed by atoms with van der Waals surface area (Å²) in [5.74, 6) is 0.812. The third kappa shape index (κ3) is 4.51. The largest absolute Gasteiger partial charge is 0.279 e. The number of sulfonamides is 1. The van der Waals surface area contributed by atoms with Gasteiger partial charge in [-0.2, -0.15) is 0 Å². The molecule has 0 atom stereocenters. The summed E-state index contributed by atoms with van der Waals surface area (Å²) in [4.78, 5) is 5.14. The zero-order valence-electron chi connectivity index (χ0n) is 12.3. The number of benzene rings is 1. The lowest BCUT2D eigenvalue weighted by molar-refractivity contribution is 0.603. The molecule has 0 spiro atoms. The molecule has 0 aliphatic heterocycles. The molecule has 8 heteroatoms. The molecule has 0 saturated carbocycles. The van der Waals surface area contributed by atoms with Gasteiger partial charge in [-0.05, 0) is 48.0 Å². The van der Waals surface area contributed by atoms with Gasteiger partial charge < -0.3 is 0 Å². The van der Waals surface area contributed by atoms with Crippen LogP contribution in [0, 0.1) is 0 Å². The van der Waals surface area contributed by atoms with E-state index in [4.69, 9.17) is 11.6 Å². The van der Waals surface area contributed by atoms with Crippen molar-refractivity contribution in [1.29, 1.82) is 0 Å². The number of nitrogens with zero attached hydrogens (tertiary/aromatic N) is 1. The molecule has 0 fully saturated rings. The van der Waals surface area contributed by atoms with Gasteiger partial charge >= 0.3 is 0 Å². The molecule has 0 radical (unpaired) electrons. The number of anilines is 1. The number of thioether (sulfide) groups is 1. The summed E-state index contributed by atoms with van der Waals surface area (Å²) in [5.41, 5.74) is 1.66. The quantitative estimate of drug-likeness (QED) is 0.602. The molecule has 0 amide bonds. The lowest BCUT2D eigenvalue weighted by Crippen LogP contribution is -2.11. The molecule has 0 aliphatic rings. The fraction of sp³-hybridized carbons (Fsp3) is 0.0625. The summed E-state index contributed by atoms with van der Waals surface area (Å²) in [6.45, 7) is 0. The van der Waals surface area contributed by atoms with E-state index >= 15 is 0 Å². The second-order valence-corrected chi connectivity index (χ2v) is 9.51. The molecule has 0 saturated heterocycles. The smallest absolute Gasteiger partial charge is 0.271 e. The van der Waals surface area contributed by atoms with E-state index in [1.165, 1.54) is 6.07 Å². The van der Waals surface area contributed by atoms with E-state index in [1.807, 2.05) is 30.5 Å². The number of aromatic nitrogens is 1. The van der Waals surface area contributed by atoms with Crippen molar-refractivity contribution in [2.45, 2.75) is 14.9 Å². The molecular formula is C16H13ClN2O2S3. The zero-order valence-corrected chi connectivity index (χ0v) is 15.6. The maximum atomic E-state index is 12.2. The summed E-state index contributed by atoms with van der Waals surface area (Å²) in [6, 6.07) is 14.3. The van der Waals surface area contributed by atoms with Crippen LogP contribution in [0.25, 0.3) is 0 Å². The van der Waals surface area contributed by atoms with E-state index in [0.717, 1.165) is 27.5 Å². The molecule has 0 bridgehead atoms. The van der Waals surface area contributed by atoms with Gasteiger partial charge in [-0.1, -0.05) is 17.7 Å². The highest BCUT2D eigenvalue weighted by molar-refractivity contribution is 7.98. The predicted octanol–water partition coefficient (Wildman–Crippen LogP) is 4.89. The number of pyridine rings is 1. The van der Waals surface area contributed by atoms with Crippen molar-refractivity contribution in [2.75, 3.05) is 4.72 Å². The Morgan fingerprint density at radius 3 is 2.54 bits per heavy atom. The molecule has 4 nitrogen and oxygen atoms in total. The number of rotatable bonds is 6. The predicted molar refractivity (Wildman–Crippen MR) is 100 cm³/mol. The lowest BCUT2D eigenvalue weighted by atomic mass is 10.3. The van der Waals surface area contributed by atoms with E-state index in [2.05, 4.69) is 9.71 Å². The Morgan fingerprint density at radius 2 is 1.92 bits per heavy atom. The minimum Gasteiger partial charge on any atom is -0.279 e. The Kier molecular flexibility index (Phi) is 5.45. The van der Waals surface area contributed by atoms with E-state index < -0.39 is 10.0 Å². The van der Waals surface area contributed by atoms with Crippen molar-refractivity contribution in [3.05, 3.63) is 70.8 Å². The van der Waals surface area contributed by atoms with Crippen LogP contribution in [-0.2, 0) is 15.8 Å². The van der Waals surface area contributed by atoms with Crippen molar-refractivity contribution in [2.24, 2.45) is 0 Å². The van der Waals surface area contributed by atoms with Crippen LogP contribution in [0.1, 0.15) is 5.56 Å². The first-order valence-electron chi connectivity index (χ1n) is 6.93. The van der Waals surface area contributed by atoms with E-state index in [1.54, 1.807) is 36.2 Å². The molecule has 2 aromatic heterocycles.